The van der Waals surface area contributed by atoms with Crippen LogP contribution in [0.1, 0.15) is 95.4 Å². The van der Waals surface area contributed by atoms with Crippen LogP contribution in [0.2, 0.25) is 5.02 Å². The fourth-order valence-corrected chi connectivity index (χ4v) is 9.65. The molecule has 3 fully saturated rings. The number of nitrogens with two attached hydrogens (primary N) is 2. The molecule has 0 unspecified atom stereocenters. The lowest BCUT2D eigenvalue weighted by Crippen LogP contribution is -2.49. The van der Waals surface area contributed by atoms with Crippen molar-refractivity contribution >= 4 is 58.0 Å². The van der Waals surface area contributed by atoms with Gasteiger partial charge in [-0.25, -0.2) is 9.97 Å². The second-order valence-corrected chi connectivity index (χ2v) is 20.2. The normalized spacial score (nSPS) is 16.7. The first-order chi connectivity index (χ1) is 31.9. The zero-order valence-electron chi connectivity index (χ0n) is 40.7. The number of piperidine rings is 2. The predicted octanol–water partition coefficient (Wildman–Crippen LogP) is 8.54. The molecule has 16 heteroatoms. The summed E-state index contributed by atoms with van der Waals surface area (Å²) in [6.07, 6.45) is 6.51. The number of benzene rings is 3. The van der Waals surface area contributed by atoms with E-state index in [1.807, 2.05) is 33.0 Å². The van der Waals surface area contributed by atoms with Crippen molar-refractivity contribution in [2.75, 3.05) is 87.5 Å². The van der Waals surface area contributed by atoms with Crippen molar-refractivity contribution in [1.82, 2.24) is 25.1 Å². The topological polar surface area (TPSA) is 208 Å². The zero-order valence-corrected chi connectivity index (χ0v) is 42.2. The summed E-state index contributed by atoms with van der Waals surface area (Å²) in [5.41, 5.74) is 18.1. The first-order valence-corrected chi connectivity index (χ1v) is 24.8. The van der Waals surface area contributed by atoms with Gasteiger partial charge >= 0.3 is 0 Å². The third-order valence-corrected chi connectivity index (χ3v) is 14.6. The Kier molecular flexibility index (Phi) is 19.7. The third kappa shape index (κ3) is 15.3. The Bertz CT molecular complexity index is 2270. The Morgan fingerprint density at radius 3 is 2.15 bits per heavy atom. The van der Waals surface area contributed by atoms with Crippen molar-refractivity contribution in [2.45, 2.75) is 96.5 Å². The third-order valence-electron chi connectivity index (χ3n) is 13.0. The summed E-state index contributed by atoms with van der Waals surface area (Å²) in [7, 11) is 0. The molecule has 0 bridgehead atoms. The number of rotatable bonds is 13. The van der Waals surface area contributed by atoms with Crippen LogP contribution in [-0.2, 0) is 11.3 Å². The standard InChI is InChI=1S/C35H49ClN8S.C11H15NO2.C5H10N2O/c1-26-6-8-27(9-7-26)23-41-14-10-28(11-15-41)24-42-18-20-43(21-19-42)29-4-3-5-30(32(29)36)45-34-33(38)40-31(22-39-34)44-16-12-35(2,25-37)13-17-44;1-6(2)8-4-9(7(3)12)11(14)5-10(8)13;1-3-7-5(8)4(2)6/h3-9,22,28H,10-21,23-25,37H2,1-2H3,(H2,38,40);4-6,12-14H,1-3H3;6H,3H2,1-2H3,(H,7,8). The molecule has 364 valence electrons. The monoisotopic (exact) mass is 956 g/mol. The van der Waals surface area contributed by atoms with E-state index in [-0.39, 0.29) is 34.5 Å². The molecule has 3 saturated heterocycles. The van der Waals surface area contributed by atoms with Crippen LogP contribution in [0.5, 0.6) is 11.5 Å². The number of aromatic hydroxyl groups is 2. The molecule has 4 aromatic rings. The van der Waals surface area contributed by atoms with Gasteiger partial charge in [0.1, 0.15) is 22.3 Å². The maximum atomic E-state index is 10.4. The Balaban J connectivity index is 0.000000314. The van der Waals surface area contributed by atoms with Crippen LogP contribution in [0.3, 0.4) is 0 Å². The largest absolute Gasteiger partial charge is 0.508 e. The van der Waals surface area contributed by atoms with E-state index in [9.17, 15) is 15.0 Å². The van der Waals surface area contributed by atoms with E-state index in [1.54, 1.807) is 13.0 Å². The van der Waals surface area contributed by atoms with E-state index in [0.29, 0.717) is 28.7 Å². The number of aromatic nitrogens is 2. The Hall–Kier alpha value is -4.93. The number of anilines is 3. The zero-order chi connectivity index (χ0) is 48.8. The highest BCUT2D eigenvalue weighted by atomic mass is 35.5. The number of likely N-dealkylation sites (tertiary alicyclic amines) is 1. The van der Waals surface area contributed by atoms with E-state index < -0.39 is 0 Å². The van der Waals surface area contributed by atoms with E-state index in [1.165, 1.54) is 68.4 Å². The minimum absolute atomic E-state index is 0.0422. The first-order valence-electron chi connectivity index (χ1n) is 23.6. The SMILES string of the molecule is CC(=N)c1cc(C(C)C)c(O)cc1O.CCNC(=O)C(C)=N.Cc1ccc(CN2CCC(CN3CCN(c4cccc(Sc5ncc(N6CCC(C)(CN)CC6)nc5N)c4Cl)CC3)CC2)cc1. The summed E-state index contributed by atoms with van der Waals surface area (Å²) in [6.45, 7) is 25.1. The van der Waals surface area contributed by atoms with Gasteiger partial charge in [-0.3, -0.25) is 20.0 Å². The number of nitrogen functional groups attached to an aromatic ring is 1. The van der Waals surface area contributed by atoms with Gasteiger partial charge in [0.25, 0.3) is 5.91 Å². The average molecular weight is 957 g/mol. The molecule has 7 rings (SSSR count). The van der Waals surface area contributed by atoms with E-state index in [0.717, 1.165) is 98.1 Å². The van der Waals surface area contributed by atoms with Crippen LogP contribution >= 0.6 is 23.4 Å². The van der Waals surface area contributed by atoms with Gasteiger partial charge in [-0.1, -0.05) is 80.0 Å². The van der Waals surface area contributed by atoms with Crippen molar-refractivity contribution < 1.29 is 15.0 Å². The molecule has 0 saturated carbocycles. The molecule has 4 heterocycles. The van der Waals surface area contributed by atoms with Gasteiger partial charge < -0.3 is 42.2 Å². The number of hydrogen-bond donors (Lipinski definition) is 7. The smallest absolute Gasteiger partial charge is 0.264 e. The number of nitrogens with zero attached hydrogens (tertiary/aromatic N) is 6. The molecule has 0 radical (unpaired) electrons. The molecule has 3 aromatic carbocycles. The van der Waals surface area contributed by atoms with Crippen LogP contribution in [0, 0.1) is 29.1 Å². The number of nitrogens with one attached hydrogen (secondary N) is 3. The summed E-state index contributed by atoms with van der Waals surface area (Å²) >= 11 is 8.52. The highest BCUT2D eigenvalue weighted by Gasteiger charge is 2.30. The number of aryl methyl sites for hydroxylation is 1. The number of hydrogen-bond acceptors (Lipinski definition) is 14. The maximum Gasteiger partial charge on any atom is 0.264 e. The number of phenols is 2. The maximum absolute atomic E-state index is 10.4. The summed E-state index contributed by atoms with van der Waals surface area (Å²) in [6, 6.07) is 18.2. The molecule has 3 aliphatic heterocycles. The first kappa shape index (κ1) is 53.0. The van der Waals surface area contributed by atoms with Gasteiger partial charge in [-0.2, -0.15) is 0 Å². The van der Waals surface area contributed by atoms with Crippen molar-refractivity contribution in [3.05, 3.63) is 88.1 Å². The van der Waals surface area contributed by atoms with Crippen LogP contribution in [0.25, 0.3) is 0 Å². The van der Waals surface area contributed by atoms with Crippen LogP contribution in [0.4, 0.5) is 17.3 Å². The number of amides is 1. The van der Waals surface area contributed by atoms with Crippen LogP contribution in [0.15, 0.2) is 70.7 Å². The number of phenolic OH excluding ortho intramolecular Hbond substituents is 2. The second kappa shape index (κ2) is 24.9. The predicted molar refractivity (Wildman–Crippen MR) is 277 cm³/mol. The molecule has 0 spiro atoms. The number of piperazine rings is 1. The van der Waals surface area contributed by atoms with Crippen molar-refractivity contribution in [2.24, 2.45) is 17.1 Å². The van der Waals surface area contributed by atoms with Gasteiger partial charge in [0.2, 0.25) is 0 Å². The summed E-state index contributed by atoms with van der Waals surface area (Å²) in [5, 5.41) is 37.2. The fourth-order valence-electron chi connectivity index (χ4n) is 8.48. The molecule has 0 aliphatic carbocycles. The van der Waals surface area contributed by atoms with Crippen LogP contribution in [-0.4, -0.2) is 119 Å². The number of halogens is 1. The van der Waals surface area contributed by atoms with Gasteiger partial charge in [0.05, 0.1) is 22.6 Å². The minimum atomic E-state index is -0.285. The molecule has 1 aromatic heterocycles. The summed E-state index contributed by atoms with van der Waals surface area (Å²) in [4.78, 5) is 30.8. The Morgan fingerprint density at radius 2 is 1.60 bits per heavy atom. The van der Waals surface area contributed by atoms with Gasteiger partial charge in [-0.15, -0.1) is 0 Å². The van der Waals surface area contributed by atoms with E-state index in [2.05, 4.69) is 75.2 Å². The second-order valence-electron chi connectivity index (χ2n) is 18.8. The van der Waals surface area contributed by atoms with Gasteiger partial charge in [-0.05, 0) is 120 Å². The number of carbonyl (C=O) groups excluding carboxylic acids is 1. The molecule has 3 aliphatic rings. The highest BCUT2D eigenvalue weighted by molar-refractivity contribution is 7.99. The van der Waals surface area contributed by atoms with Crippen LogP contribution < -0.4 is 26.6 Å². The fraction of sp³-hybridized carbons (Fsp3) is 0.510. The van der Waals surface area contributed by atoms with Crippen molar-refractivity contribution in [3.8, 4) is 11.5 Å². The lowest BCUT2D eigenvalue weighted by atomic mass is 9.80. The molecule has 67 heavy (non-hydrogen) atoms. The Morgan fingerprint density at radius 1 is 0.940 bits per heavy atom. The minimum Gasteiger partial charge on any atom is -0.508 e. The van der Waals surface area contributed by atoms with Gasteiger partial charge in [0.15, 0.2) is 5.82 Å². The average Bonchev–Trinajstić information content (AvgIpc) is 3.30. The lowest BCUT2D eigenvalue weighted by molar-refractivity contribution is -0.114. The van der Waals surface area contributed by atoms with Crippen molar-refractivity contribution in [3.63, 3.8) is 0 Å². The number of carbonyl (C=O) groups is 1. The molecular weight excluding hydrogens is 882 g/mol. The summed E-state index contributed by atoms with van der Waals surface area (Å²) in [5.74, 6) is 2.00. The Labute approximate surface area is 407 Å². The van der Waals surface area contributed by atoms with E-state index >= 15 is 0 Å². The lowest BCUT2D eigenvalue weighted by Gasteiger charge is -2.40. The van der Waals surface area contributed by atoms with Crippen molar-refractivity contribution in [1.29, 1.82) is 10.8 Å². The van der Waals surface area contributed by atoms with E-state index in [4.69, 9.17) is 43.9 Å². The quantitative estimate of drug-likeness (QED) is 0.0630. The molecule has 0 atom stereocenters. The molecule has 9 N–H and O–H groups in total. The summed E-state index contributed by atoms with van der Waals surface area (Å²) < 4.78 is 0. The van der Waals surface area contributed by atoms with Gasteiger partial charge in [0, 0.05) is 81.1 Å². The highest BCUT2D eigenvalue weighted by Crippen LogP contribution is 2.41. The molecule has 1 amide bonds. The molecular formula is C51H74ClN11O3S. The molecule has 14 nitrogen and oxygen atoms in total.